The number of hydrogen-bond acceptors (Lipinski definition) is 5. The molecule has 3 heterocycles. The molecule has 2 aromatic carbocycles. The van der Waals surface area contributed by atoms with Gasteiger partial charge in [-0.1, -0.05) is 6.07 Å². The van der Waals surface area contributed by atoms with Crippen LogP contribution in [0.2, 0.25) is 0 Å². The Balaban J connectivity index is 1.54. The molecular weight excluding hydrogens is 422 g/mol. The van der Waals surface area contributed by atoms with Gasteiger partial charge in [0, 0.05) is 30.0 Å². The molecule has 0 saturated heterocycles. The number of aromatic amines is 1. The molecule has 0 unspecified atom stereocenters. The van der Waals surface area contributed by atoms with Crippen LogP contribution < -0.4 is 9.64 Å². The van der Waals surface area contributed by atoms with E-state index in [-0.39, 0.29) is 0 Å². The van der Waals surface area contributed by atoms with Gasteiger partial charge >= 0.3 is 0 Å². The molecule has 0 saturated carbocycles. The quantitative estimate of drug-likeness (QED) is 0.451. The fourth-order valence-electron chi connectivity index (χ4n) is 4.92. The third kappa shape index (κ3) is 4.26. The SMILES string of the molecule is Cc1nc2ccc(-c3cc(C)c4c(c3)CN(c3cc(CN(C)C)nc(C)c3C)CCO4)cc2[nH]1. The number of nitrogens with zero attached hydrogens (tertiary/aromatic N) is 4. The zero-order valence-electron chi connectivity index (χ0n) is 21.0. The van der Waals surface area contributed by atoms with Crippen LogP contribution in [-0.2, 0) is 13.1 Å². The molecule has 2 aromatic heterocycles. The Morgan fingerprint density at radius 3 is 2.62 bits per heavy atom. The lowest BCUT2D eigenvalue weighted by molar-refractivity contribution is 0.329. The monoisotopic (exact) mass is 455 g/mol. The number of fused-ring (bicyclic) bond motifs is 2. The summed E-state index contributed by atoms with van der Waals surface area (Å²) in [6.45, 7) is 11.6. The molecule has 0 bridgehead atoms. The normalized spacial score (nSPS) is 13.8. The van der Waals surface area contributed by atoms with E-state index in [1.807, 2.05) is 6.92 Å². The molecule has 0 spiro atoms. The summed E-state index contributed by atoms with van der Waals surface area (Å²) in [4.78, 5) is 17.3. The first-order valence-corrected chi connectivity index (χ1v) is 11.9. The zero-order valence-corrected chi connectivity index (χ0v) is 21.0. The minimum absolute atomic E-state index is 0.663. The molecule has 34 heavy (non-hydrogen) atoms. The maximum absolute atomic E-state index is 6.28. The second-order valence-corrected chi connectivity index (χ2v) is 9.69. The maximum atomic E-state index is 6.28. The second-order valence-electron chi connectivity index (χ2n) is 9.69. The minimum Gasteiger partial charge on any atom is -0.491 e. The summed E-state index contributed by atoms with van der Waals surface area (Å²) in [7, 11) is 4.16. The van der Waals surface area contributed by atoms with Crippen molar-refractivity contribution in [1.29, 1.82) is 0 Å². The third-order valence-corrected chi connectivity index (χ3v) is 6.61. The predicted octanol–water partition coefficient (Wildman–Crippen LogP) is 5.32. The van der Waals surface area contributed by atoms with Crippen molar-refractivity contribution in [1.82, 2.24) is 19.9 Å². The van der Waals surface area contributed by atoms with Crippen LogP contribution in [0.5, 0.6) is 5.75 Å². The number of nitrogens with one attached hydrogen (secondary N) is 1. The van der Waals surface area contributed by atoms with E-state index in [2.05, 4.69) is 91.0 Å². The Hall–Kier alpha value is -3.38. The van der Waals surface area contributed by atoms with Gasteiger partial charge in [0.1, 0.15) is 18.2 Å². The highest BCUT2D eigenvalue weighted by Gasteiger charge is 2.21. The molecule has 0 amide bonds. The molecule has 6 nitrogen and oxygen atoms in total. The van der Waals surface area contributed by atoms with Crippen LogP contribution in [0.1, 0.15) is 33.9 Å². The fourth-order valence-corrected chi connectivity index (χ4v) is 4.92. The van der Waals surface area contributed by atoms with E-state index in [1.165, 1.54) is 33.5 Å². The van der Waals surface area contributed by atoms with E-state index >= 15 is 0 Å². The van der Waals surface area contributed by atoms with E-state index in [1.54, 1.807) is 0 Å². The van der Waals surface area contributed by atoms with Gasteiger partial charge in [-0.3, -0.25) is 4.98 Å². The Bertz CT molecular complexity index is 1370. The van der Waals surface area contributed by atoms with E-state index in [0.717, 1.165) is 53.6 Å². The maximum Gasteiger partial charge on any atom is 0.127 e. The van der Waals surface area contributed by atoms with Gasteiger partial charge in [0.25, 0.3) is 0 Å². The number of aromatic nitrogens is 3. The van der Waals surface area contributed by atoms with Gasteiger partial charge in [-0.15, -0.1) is 0 Å². The van der Waals surface area contributed by atoms with E-state index in [9.17, 15) is 0 Å². The Labute approximate surface area is 201 Å². The summed E-state index contributed by atoms with van der Waals surface area (Å²) in [5.74, 6) is 1.95. The van der Waals surface area contributed by atoms with E-state index in [0.29, 0.717) is 6.61 Å². The molecule has 5 rings (SSSR count). The topological polar surface area (TPSA) is 57.3 Å². The van der Waals surface area contributed by atoms with Gasteiger partial charge in [-0.25, -0.2) is 4.98 Å². The van der Waals surface area contributed by atoms with Crippen LogP contribution in [0.15, 0.2) is 36.4 Å². The molecule has 0 aliphatic carbocycles. The summed E-state index contributed by atoms with van der Waals surface area (Å²) in [6, 6.07) is 13.2. The highest BCUT2D eigenvalue weighted by atomic mass is 16.5. The summed E-state index contributed by atoms with van der Waals surface area (Å²) < 4.78 is 6.28. The van der Waals surface area contributed by atoms with Crippen molar-refractivity contribution in [3.63, 3.8) is 0 Å². The van der Waals surface area contributed by atoms with Crippen molar-refractivity contribution in [2.75, 3.05) is 32.1 Å². The van der Waals surface area contributed by atoms with Crippen molar-refractivity contribution in [3.05, 3.63) is 70.3 Å². The largest absolute Gasteiger partial charge is 0.491 e. The molecule has 1 N–H and O–H groups in total. The number of pyridine rings is 1. The average molecular weight is 456 g/mol. The Morgan fingerprint density at radius 1 is 1.00 bits per heavy atom. The van der Waals surface area contributed by atoms with Crippen molar-refractivity contribution in [2.24, 2.45) is 0 Å². The summed E-state index contributed by atoms with van der Waals surface area (Å²) in [5, 5.41) is 0. The minimum atomic E-state index is 0.663. The molecule has 4 aromatic rings. The fraction of sp³-hybridized carbons (Fsp3) is 0.357. The number of H-pyrrole nitrogens is 1. The Morgan fingerprint density at radius 2 is 1.82 bits per heavy atom. The smallest absolute Gasteiger partial charge is 0.127 e. The average Bonchev–Trinajstić information content (AvgIpc) is 3.01. The lowest BCUT2D eigenvalue weighted by Crippen LogP contribution is -2.27. The molecule has 6 heteroatoms. The lowest BCUT2D eigenvalue weighted by Gasteiger charge is -2.26. The van der Waals surface area contributed by atoms with Crippen LogP contribution in [-0.4, -0.2) is 47.1 Å². The van der Waals surface area contributed by atoms with E-state index < -0.39 is 0 Å². The summed E-state index contributed by atoms with van der Waals surface area (Å²) in [5.41, 5.74) is 11.5. The predicted molar refractivity (Wildman–Crippen MR) is 139 cm³/mol. The van der Waals surface area contributed by atoms with Crippen molar-refractivity contribution in [2.45, 2.75) is 40.8 Å². The number of ether oxygens (including phenoxy) is 1. The van der Waals surface area contributed by atoms with Gasteiger partial charge in [0.15, 0.2) is 0 Å². The second kappa shape index (κ2) is 8.76. The van der Waals surface area contributed by atoms with Crippen molar-refractivity contribution >= 4 is 16.7 Å². The van der Waals surface area contributed by atoms with Crippen LogP contribution >= 0.6 is 0 Å². The van der Waals surface area contributed by atoms with Gasteiger partial charge < -0.3 is 19.5 Å². The number of rotatable bonds is 4. The number of hydrogen-bond donors (Lipinski definition) is 1. The van der Waals surface area contributed by atoms with Gasteiger partial charge in [0.2, 0.25) is 0 Å². The highest BCUT2D eigenvalue weighted by Crippen LogP contribution is 2.36. The van der Waals surface area contributed by atoms with Crippen LogP contribution in [0.25, 0.3) is 22.2 Å². The van der Waals surface area contributed by atoms with Crippen molar-refractivity contribution in [3.8, 4) is 16.9 Å². The number of aryl methyl sites for hydroxylation is 3. The number of imidazole rings is 1. The van der Waals surface area contributed by atoms with Crippen LogP contribution in [0.4, 0.5) is 5.69 Å². The first-order valence-electron chi connectivity index (χ1n) is 11.9. The molecule has 0 atom stereocenters. The molecule has 0 radical (unpaired) electrons. The third-order valence-electron chi connectivity index (χ3n) is 6.61. The first-order chi connectivity index (χ1) is 16.3. The van der Waals surface area contributed by atoms with Crippen LogP contribution in [0.3, 0.4) is 0 Å². The van der Waals surface area contributed by atoms with Gasteiger partial charge in [0.05, 0.1) is 23.3 Å². The van der Waals surface area contributed by atoms with Crippen LogP contribution in [0, 0.1) is 27.7 Å². The first kappa shape index (κ1) is 22.4. The molecule has 176 valence electrons. The van der Waals surface area contributed by atoms with Gasteiger partial charge in [-0.2, -0.15) is 0 Å². The highest BCUT2D eigenvalue weighted by molar-refractivity contribution is 5.82. The summed E-state index contributed by atoms with van der Waals surface area (Å²) in [6.07, 6.45) is 0. The Kier molecular flexibility index (Phi) is 5.78. The lowest BCUT2D eigenvalue weighted by atomic mass is 9.98. The number of anilines is 1. The number of benzene rings is 2. The molecule has 1 aliphatic rings. The standard InChI is InChI=1S/C28H33N5O/c1-17-11-22(21-7-8-25-26(13-21)31-20(4)30-25)12-23-15-33(9-10-34-28(17)23)27-14-24(16-32(5)6)29-19(3)18(27)2/h7-8,11-14H,9-10,15-16H2,1-6H3,(H,30,31). The molecule has 1 aliphatic heterocycles. The molecular formula is C28H33N5O. The zero-order chi connectivity index (χ0) is 24.0. The van der Waals surface area contributed by atoms with Gasteiger partial charge in [-0.05, 0) is 94.4 Å². The van der Waals surface area contributed by atoms with E-state index in [4.69, 9.17) is 9.72 Å². The summed E-state index contributed by atoms with van der Waals surface area (Å²) >= 11 is 0. The molecule has 0 fully saturated rings. The van der Waals surface area contributed by atoms with Crippen molar-refractivity contribution < 1.29 is 4.74 Å².